The molecule has 3 heterocycles. The molecule has 0 aliphatic carbocycles. The highest BCUT2D eigenvalue weighted by Crippen LogP contribution is 2.43. The maximum Gasteiger partial charge on any atom is 0.225 e. The summed E-state index contributed by atoms with van der Waals surface area (Å²) in [6.45, 7) is 14.2. The topological polar surface area (TPSA) is 143 Å². The Balaban J connectivity index is 1.36. The molecule has 3 saturated heterocycles. The average molecular weight is 705 g/mol. The lowest BCUT2D eigenvalue weighted by atomic mass is 9.85. The molecule has 10 nitrogen and oxygen atoms in total. The molecule has 3 rings (SSSR count). The number of aliphatic hydroxyl groups is 2. The molecule has 10 heteroatoms. The summed E-state index contributed by atoms with van der Waals surface area (Å²) in [7, 11) is 0. The molecule has 4 N–H and O–H groups in total. The summed E-state index contributed by atoms with van der Waals surface area (Å²) in [6.07, 6.45) is 14.5. The number of ketones is 1. The van der Waals surface area contributed by atoms with Gasteiger partial charge in [0.15, 0.2) is 11.6 Å². The Morgan fingerprint density at radius 2 is 1.64 bits per heavy atom. The highest BCUT2D eigenvalue weighted by atomic mass is 16.7. The second-order valence-corrected chi connectivity index (χ2v) is 15.7. The zero-order valence-corrected chi connectivity index (χ0v) is 32.0. The van der Waals surface area contributed by atoms with E-state index in [-0.39, 0.29) is 60.9 Å². The molecule has 0 unspecified atom stereocenters. The van der Waals surface area contributed by atoms with Gasteiger partial charge >= 0.3 is 0 Å². The molecule has 1 spiro atoms. The second kappa shape index (κ2) is 20.8. The second-order valence-electron chi connectivity index (χ2n) is 15.7. The van der Waals surface area contributed by atoms with Crippen LogP contribution in [0.3, 0.4) is 0 Å². The van der Waals surface area contributed by atoms with Gasteiger partial charge in [-0.25, -0.2) is 0 Å². The summed E-state index contributed by atoms with van der Waals surface area (Å²) < 4.78 is 19.5. The Labute approximate surface area is 301 Å². The van der Waals surface area contributed by atoms with E-state index in [4.69, 9.17) is 14.2 Å². The van der Waals surface area contributed by atoms with E-state index in [2.05, 4.69) is 30.6 Å². The molecule has 50 heavy (non-hydrogen) atoms. The molecule has 0 aromatic carbocycles. The van der Waals surface area contributed by atoms with Crippen LogP contribution < -0.4 is 10.6 Å². The quantitative estimate of drug-likeness (QED) is 0.0782. The molecule has 0 radical (unpaired) electrons. The number of amides is 2. The number of hydrogen-bond acceptors (Lipinski definition) is 8. The van der Waals surface area contributed by atoms with Crippen molar-refractivity contribution < 1.29 is 38.8 Å². The van der Waals surface area contributed by atoms with Gasteiger partial charge in [0.25, 0.3) is 0 Å². The van der Waals surface area contributed by atoms with Crippen molar-refractivity contribution in [1.82, 2.24) is 10.6 Å². The van der Waals surface area contributed by atoms with Crippen molar-refractivity contribution in [1.29, 1.82) is 0 Å². The third-order valence-corrected chi connectivity index (χ3v) is 11.2. The van der Waals surface area contributed by atoms with Crippen molar-refractivity contribution in [2.24, 2.45) is 23.7 Å². The smallest absolute Gasteiger partial charge is 0.225 e. The van der Waals surface area contributed by atoms with Crippen molar-refractivity contribution in [2.45, 2.75) is 174 Å². The van der Waals surface area contributed by atoms with Gasteiger partial charge in [0.2, 0.25) is 11.8 Å². The van der Waals surface area contributed by atoms with Crippen molar-refractivity contribution in [3.63, 3.8) is 0 Å². The van der Waals surface area contributed by atoms with Crippen LogP contribution in [0.15, 0.2) is 23.8 Å². The van der Waals surface area contributed by atoms with Crippen LogP contribution in [0.2, 0.25) is 0 Å². The van der Waals surface area contributed by atoms with Gasteiger partial charge in [-0.15, -0.1) is 0 Å². The summed E-state index contributed by atoms with van der Waals surface area (Å²) in [4.78, 5) is 37.6. The summed E-state index contributed by atoms with van der Waals surface area (Å²) in [5, 5.41) is 26.2. The van der Waals surface area contributed by atoms with Crippen LogP contribution in [0.1, 0.15) is 132 Å². The number of hydrogen-bond donors (Lipinski definition) is 4. The van der Waals surface area contributed by atoms with Gasteiger partial charge < -0.3 is 35.1 Å². The lowest BCUT2D eigenvalue weighted by Crippen LogP contribution is -2.50. The monoisotopic (exact) mass is 704 g/mol. The number of nitrogens with one attached hydrogen (secondary N) is 2. The number of carbonyl (C=O) groups excluding carboxylic acids is 3. The van der Waals surface area contributed by atoms with Gasteiger partial charge in [-0.05, 0) is 108 Å². The number of rotatable bonds is 18. The van der Waals surface area contributed by atoms with E-state index in [0.29, 0.717) is 24.8 Å². The highest BCUT2D eigenvalue weighted by molar-refractivity contribution is 5.89. The first kappa shape index (κ1) is 42.3. The largest absolute Gasteiger partial charge is 0.390 e. The van der Waals surface area contributed by atoms with E-state index in [1.54, 1.807) is 26.0 Å². The predicted molar refractivity (Wildman–Crippen MR) is 195 cm³/mol. The van der Waals surface area contributed by atoms with Crippen molar-refractivity contribution in [3.05, 3.63) is 23.8 Å². The van der Waals surface area contributed by atoms with Crippen LogP contribution in [-0.4, -0.2) is 83.3 Å². The number of allylic oxidation sites excluding steroid dienone is 3. The Hall–Kier alpha value is -2.11. The van der Waals surface area contributed by atoms with Crippen molar-refractivity contribution >= 4 is 17.6 Å². The van der Waals surface area contributed by atoms with Crippen LogP contribution in [0.5, 0.6) is 0 Å². The standard InChI is InChI=1S/C40H68N2O8/c1-8-11-32(44)23-34-17-15-27(3)37(48-34)24-38(46)42-25-35(45)30(6)39(47)41-21-10-13-36-28(4)18-20-40(50-36)19-9-12-33(49-40)16-14-26(2)22-29(5)31(7)43/h8,11,22,26-28,30-31,33-37,43,45H,9-10,12-21,23-25H2,1-7H3,(H,41,47)(H,42,46)/b11-8+,29-22+/t26-,27+,28-,30-,31-,33-,34+,35+,36+,37-,40-/m0/s1. The minimum Gasteiger partial charge on any atom is -0.390 e. The molecule has 286 valence electrons. The van der Waals surface area contributed by atoms with E-state index in [1.165, 1.54) is 0 Å². The number of carbonyl (C=O) groups is 3. The Morgan fingerprint density at radius 3 is 2.36 bits per heavy atom. The number of aliphatic hydroxyl groups excluding tert-OH is 2. The zero-order chi connectivity index (χ0) is 36.8. The summed E-state index contributed by atoms with van der Waals surface area (Å²) in [6, 6.07) is 0. The molecule has 11 atom stereocenters. The minimum absolute atomic E-state index is 0.0223. The first-order chi connectivity index (χ1) is 23.7. The van der Waals surface area contributed by atoms with Gasteiger partial charge in [-0.3, -0.25) is 14.4 Å². The maximum absolute atomic E-state index is 12.9. The van der Waals surface area contributed by atoms with Crippen LogP contribution in [0, 0.1) is 23.7 Å². The van der Waals surface area contributed by atoms with E-state index in [1.807, 2.05) is 20.8 Å². The van der Waals surface area contributed by atoms with Gasteiger partial charge in [-0.2, -0.15) is 0 Å². The van der Waals surface area contributed by atoms with E-state index in [9.17, 15) is 24.6 Å². The normalized spacial score (nSPS) is 31.6. The Morgan fingerprint density at radius 1 is 0.900 bits per heavy atom. The molecule has 3 aliphatic rings. The van der Waals surface area contributed by atoms with E-state index >= 15 is 0 Å². The molecule has 0 saturated carbocycles. The molecule has 3 aliphatic heterocycles. The first-order valence-electron chi connectivity index (χ1n) is 19.5. The lowest BCUT2D eigenvalue weighted by molar-refractivity contribution is -0.324. The summed E-state index contributed by atoms with van der Waals surface area (Å²) >= 11 is 0. The molecule has 2 amide bonds. The third kappa shape index (κ3) is 13.8. The van der Waals surface area contributed by atoms with Crippen LogP contribution >= 0.6 is 0 Å². The maximum atomic E-state index is 12.9. The average Bonchev–Trinajstić information content (AvgIpc) is 3.07. The van der Waals surface area contributed by atoms with E-state index < -0.39 is 23.9 Å². The van der Waals surface area contributed by atoms with Gasteiger partial charge in [0, 0.05) is 32.4 Å². The zero-order valence-electron chi connectivity index (χ0n) is 32.0. The lowest BCUT2D eigenvalue weighted by Gasteiger charge is -2.48. The van der Waals surface area contributed by atoms with Gasteiger partial charge in [0.05, 0.1) is 49.0 Å². The minimum atomic E-state index is -1.02. The first-order valence-corrected chi connectivity index (χ1v) is 19.5. The fourth-order valence-electron chi connectivity index (χ4n) is 7.51. The van der Waals surface area contributed by atoms with E-state index in [0.717, 1.165) is 76.2 Å². The van der Waals surface area contributed by atoms with Crippen molar-refractivity contribution in [3.8, 4) is 0 Å². The van der Waals surface area contributed by atoms with Crippen molar-refractivity contribution in [2.75, 3.05) is 13.1 Å². The number of ether oxygens (including phenoxy) is 3. The van der Waals surface area contributed by atoms with Crippen LogP contribution in [0.25, 0.3) is 0 Å². The SMILES string of the molecule is C/C=C/C(=O)C[C@H]1CC[C@@H](C)[C@H](CC(=O)NC[C@@H](O)[C@H](C)C(=O)NCCC[C@H]2O[C@@]3(CCC[C@@H](CC[C@H](C)/C=C(\C)[C@H](C)O)O3)CC[C@@H]2C)O1. The molecule has 0 aromatic heterocycles. The Kier molecular flexibility index (Phi) is 17.6. The van der Waals surface area contributed by atoms with Crippen LogP contribution in [0.4, 0.5) is 0 Å². The highest BCUT2D eigenvalue weighted by Gasteiger charge is 2.44. The predicted octanol–water partition coefficient (Wildman–Crippen LogP) is 5.93. The summed E-state index contributed by atoms with van der Waals surface area (Å²) in [5.74, 6) is -0.680. The molecular weight excluding hydrogens is 636 g/mol. The summed E-state index contributed by atoms with van der Waals surface area (Å²) in [5.41, 5.74) is 1.01. The molecular formula is C40H68N2O8. The molecule has 0 aromatic rings. The Bertz CT molecular complexity index is 1140. The van der Waals surface area contributed by atoms with Gasteiger partial charge in [-0.1, -0.05) is 39.8 Å². The van der Waals surface area contributed by atoms with Gasteiger partial charge in [0.1, 0.15) is 0 Å². The fraction of sp³-hybridized carbons (Fsp3) is 0.825. The molecule has 3 fully saturated rings. The van der Waals surface area contributed by atoms with Crippen LogP contribution in [-0.2, 0) is 28.6 Å². The fourth-order valence-corrected chi connectivity index (χ4v) is 7.51. The third-order valence-electron chi connectivity index (χ3n) is 11.2. The molecule has 0 bridgehead atoms.